The first-order chi connectivity index (χ1) is 16.1. The molecule has 2 heterocycles. The number of carbonyl (C=O) groups excluding carboxylic acids is 2. The monoisotopic (exact) mass is 442 g/mol. The molecule has 1 aliphatic heterocycles. The number of nitrogens with one attached hydrogen (secondary N) is 1. The summed E-state index contributed by atoms with van der Waals surface area (Å²) in [6, 6.07) is 20.0. The minimum absolute atomic E-state index is 0.0168. The first-order valence-electron chi connectivity index (χ1n) is 11.9. The van der Waals surface area contributed by atoms with Crippen LogP contribution in [0.15, 0.2) is 60.7 Å². The third-order valence-corrected chi connectivity index (χ3v) is 7.12. The van der Waals surface area contributed by atoms with Gasteiger partial charge in [-0.1, -0.05) is 48.5 Å². The van der Waals surface area contributed by atoms with Crippen LogP contribution in [0.25, 0.3) is 11.1 Å². The predicted octanol–water partition coefficient (Wildman–Crippen LogP) is 4.30. The highest BCUT2D eigenvalue weighted by Crippen LogP contribution is 2.43. The molecule has 170 valence electrons. The highest BCUT2D eigenvalue weighted by molar-refractivity contribution is 6.01. The number of amides is 2. The molecule has 5 rings (SSSR count). The van der Waals surface area contributed by atoms with Crippen LogP contribution >= 0.6 is 0 Å². The summed E-state index contributed by atoms with van der Waals surface area (Å²) in [6.07, 6.45) is 3.17. The molecule has 0 spiro atoms. The van der Waals surface area contributed by atoms with Gasteiger partial charge in [-0.2, -0.15) is 5.10 Å². The Hall–Kier alpha value is -3.41. The second kappa shape index (κ2) is 8.85. The molecule has 1 saturated carbocycles. The lowest BCUT2D eigenvalue weighted by Crippen LogP contribution is -2.50. The Morgan fingerprint density at radius 2 is 1.82 bits per heavy atom. The van der Waals surface area contributed by atoms with Gasteiger partial charge in [0, 0.05) is 24.7 Å². The van der Waals surface area contributed by atoms with Crippen LogP contribution in [-0.2, 0) is 6.54 Å². The molecule has 3 atom stereocenters. The first-order valence-corrected chi connectivity index (χ1v) is 11.9. The maximum atomic E-state index is 13.9. The Balaban J connectivity index is 1.38. The van der Waals surface area contributed by atoms with Crippen LogP contribution in [-0.4, -0.2) is 45.1 Å². The summed E-state index contributed by atoms with van der Waals surface area (Å²) in [7, 11) is 0. The van der Waals surface area contributed by atoms with Gasteiger partial charge in [-0.05, 0) is 62.3 Å². The fourth-order valence-electron chi connectivity index (χ4n) is 5.61. The first kappa shape index (κ1) is 21.4. The summed E-state index contributed by atoms with van der Waals surface area (Å²) in [6.45, 7) is 4.98. The number of fused-ring (bicyclic) bond motifs is 2. The third-order valence-electron chi connectivity index (χ3n) is 7.12. The van der Waals surface area contributed by atoms with Crippen LogP contribution in [0.2, 0.25) is 0 Å². The molecule has 3 aromatic rings. The highest BCUT2D eigenvalue weighted by atomic mass is 16.2. The Labute approximate surface area is 194 Å². The van der Waals surface area contributed by atoms with Crippen molar-refractivity contribution in [3.8, 4) is 11.1 Å². The second-order valence-electron chi connectivity index (χ2n) is 9.12. The number of carbonyl (C=O) groups is 2. The summed E-state index contributed by atoms with van der Waals surface area (Å²) in [5.41, 5.74) is 4.13. The van der Waals surface area contributed by atoms with E-state index in [1.165, 1.54) is 0 Å². The zero-order valence-electron chi connectivity index (χ0n) is 19.2. The summed E-state index contributed by atoms with van der Waals surface area (Å²) < 4.78 is 1.73. The quantitative estimate of drug-likeness (QED) is 0.619. The molecular weight excluding hydrogens is 412 g/mol. The summed E-state index contributed by atoms with van der Waals surface area (Å²) in [5.74, 6) is 0.369. The van der Waals surface area contributed by atoms with Crippen LogP contribution < -0.4 is 5.32 Å². The molecule has 1 saturated heterocycles. The van der Waals surface area contributed by atoms with Gasteiger partial charge in [0.2, 0.25) is 0 Å². The van der Waals surface area contributed by atoms with E-state index in [-0.39, 0.29) is 23.9 Å². The van der Waals surface area contributed by atoms with E-state index < -0.39 is 0 Å². The zero-order valence-corrected chi connectivity index (χ0v) is 19.2. The van der Waals surface area contributed by atoms with E-state index in [0.717, 1.165) is 41.6 Å². The number of piperidine rings is 1. The van der Waals surface area contributed by atoms with Crippen molar-refractivity contribution in [3.05, 3.63) is 77.6 Å². The highest BCUT2D eigenvalue weighted by Gasteiger charge is 2.48. The minimum atomic E-state index is -0.127. The molecule has 2 bridgehead atoms. The van der Waals surface area contributed by atoms with Gasteiger partial charge in [0.05, 0.1) is 11.7 Å². The smallest absolute Gasteiger partial charge is 0.269 e. The fraction of sp³-hybridized carbons (Fsp3) is 0.370. The van der Waals surface area contributed by atoms with Crippen molar-refractivity contribution in [2.45, 2.75) is 51.7 Å². The maximum Gasteiger partial charge on any atom is 0.269 e. The van der Waals surface area contributed by atoms with E-state index >= 15 is 0 Å². The van der Waals surface area contributed by atoms with Gasteiger partial charge >= 0.3 is 0 Å². The molecule has 2 amide bonds. The molecule has 0 unspecified atom stereocenters. The topological polar surface area (TPSA) is 67.2 Å². The van der Waals surface area contributed by atoms with Crippen LogP contribution in [0.1, 0.15) is 52.7 Å². The fourth-order valence-corrected chi connectivity index (χ4v) is 5.61. The molecule has 33 heavy (non-hydrogen) atoms. The molecule has 6 heteroatoms. The van der Waals surface area contributed by atoms with Crippen molar-refractivity contribution >= 4 is 11.8 Å². The lowest BCUT2D eigenvalue weighted by Gasteiger charge is -2.36. The van der Waals surface area contributed by atoms with E-state index in [1.54, 1.807) is 4.68 Å². The van der Waals surface area contributed by atoms with Crippen LogP contribution in [0.3, 0.4) is 0 Å². The molecule has 2 aromatic carbocycles. The van der Waals surface area contributed by atoms with Crippen LogP contribution in [0, 0.1) is 12.8 Å². The Kier molecular flexibility index (Phi) is 5.75. The molecule has 6 nitrogen and oxygen atoms in total. The van der Waals surface area contributed by atoms with Crippen molar-refractivity contribution in [1.82, 2.24) is 20.0 Å². The number of rotatable bonds is 6. The summed E-state index contributed by atoms with van der Waals surface area (Å²) >= 11 is 0. The Morgan fingerprint density at radius 1 is 1.06 bits per heavy atom. The standard InChI is InChI=1S/C27H30N4O2/c1-3-30-24(15-18(2)29-30)26(32)28-17-25-20-13-14-21(16-20)31(25)27(33)23-12-8-7-11-22(23)19-9-5-4-6-10-19/h4-12,15,20-21,25H,3,13-14,16-17H2,1-2H3,(H,28,32)/t20-,21+,25+/m0/s1. The molecule has 1 aromatic heterocycles. The number of hydrogen-bond acceptors (Lipinski definition) is 3. The van der Waals surface area contributed by atoms with E-state index in [0.29, 0.717) is 24.7 Å². The predicted molar refractivity (Wildman–Crippen MR) is 128 cm³/mol. The molecule has 0 radical (unpaired) electrons. The lowest BCUT2D eigenvalue weighted by atomic mass is 9.95. The lowest BCUT2D eigenvalue weighted by molar-refractivity contribution is 0.0582. The zero-order chi connectivity index (χ0) is 22.9. The van der Waals surface area contributed by atoms with E-state index in [2.05, 4.69) is 15.3 Å². The normalized spacial score (nSPS) is 21.4. The minimum Gasteiger partial charge on any atom is -0.349 e. The average molecular weight is 443 g/mol. The van der Waals surface area contributed by atoms with Gasteiger partial charge in [-0.25, -0.2) is 0 Å². The largest absolute Gasteiger partial charge is 0.349 e. The summed E-state index contributed by atoms with van der Waals surface area (Å²) in [4.78, 5) is 28.8. The van der Waals surface area contributed by atoms with Gasteiger partial charge in [0.25, 0.3) is 11.8 Å². The average Bonchev–Trinajstić information content (AvgIpc) is 3.57. The van der Waals surface area contributed by atoms with E-state index in [1.807, 2.05) is 74.5 Å². The number of aromatic nitrogens is 2. The summed E-state index contributed by atoms with van der Waals surface area (Å²) in [5, 5.41) is 7.48. The van der Waals surface area contributed by atoms with Crippen molar-refractivity contribution in [2.24, 2.45) is 5.92 Å². The number of nitrogens with zero attached hydrogens (tertiary/aromatic N) is 3. The van der Waals surface area contributed by atoms with Crippen molar-refractivity contribution < 1.29 is 9.59 Å². The Bertz CT molecular complexity index is 1170. The molecule has 2 aliphatic rings. The van der Waals surface area contributed by atoms with Crippen molar-refractivity contribution in [1.29, 1.82) is 0 Å². The van der Waals surface area contributed by atoms with E-state index in [4.69, 9.17) is 0 Å². The number of benzene rings is 2. The molecule has 1 aliphatic carbocycles. The van der Waals surface area contributed by atoms with Gasteiger partial charge in [0.15, 0.2) is 0 Å². The van der Waals surface area contributed by atoms with Crippen molar-refractivity contribution in [3.63, 3.8) is 0 Å². The van der Waals surface area contributed by atoms with Gasteiger partial charge in [-0.15, -0.1) is 0 Å². The van der Waals surface area contributed by atoms with Crippen LogP contribution in [0.5, 0.6) is 0 Å². The molecule has 2 fully saturated rings. The molecule has 1 N–H and O–H groups in total. The number of likely N-dealkylation sites (tertiary alicyclic amines) is 1. The number of aryl methyl sites for hydroxylation is 2. The maximum absolute atomic E-state index is 13.9. The third kappa shape index (κ3) is 3.94. The van der Waals surface area contributed by atoms with E-state index in [9.17, 15) is 9.59 Å². The van der Waals surface area contributed by atoms with Crippen LogP contribution in [0.4, 0.5) is 0 Å². The van der Waals surface area contributed by atoms with Gasteiger partial charge < -0.3 is 10.2 Å². The Morgan fingerprint density at radius 3 is 2.61 bits per heavy atom. The SMILES string of the molecule is CCn1nc(C)cc1C(=O)NC[C@@H]1[C@H]2CC[C@H](C2)N1C(=O)c1ccccc1-c1ccccc1. The van der Waals surface area contributed by atoms with Gasteiger partial charge in [-0.3, -0.25) is 14.3 Å². The van der Waals surface area contributed by atoms with Crippen molar-refractivity contribution in [2.75, 3.05) is 6.54 Å². The second-order valence-corrected chi connectivity index (χ2v) is 9.12. The van der Waals surface area contributed by atoms with Gasteiger partial charge in [0.1, 0.15) is 5.69 Å². The molecular formula is C27H30N4O2. The number of hydrogen-bond donors (Lipinski definition) is 1.